The first kappa shape index (κ1) is 18.0. The molecule has 2 aromatic rings. The molecule has 0 aliphatic carbocycles. The SMILES string of the molecule is COc1cc(/C=C/C(=O)c2ccc3c(c2)OCO3)cc(Cl)c1OC(F)F. The van der Waals surface area contributed by atoms with Crippen molar-refractivity contribution in [2.45, 2.75) is 6.61 Å². The van der Waals surface area contributed by atoms with Crippen molar-refractivity contribution in [3.63, 3.8) is 0 Å². The predicted molar refractivity (Wildman–Crippen MR) is 90.6 cm³/mol. The zero-order valence-electron chi connectivity index (χ0n) is 13.5. The van der Waals surface area contributed by atoms with Crippen LogP contribution >= 0.6 is 11.6 Å². The quantitative estimate of drug-likeness (QED) is 0.541. The van der Waals surface area contributed by atoms with Gasteiger partial charge in [-0.2, -0.15) is 8.78 Å². The summed E-state index contributed by atoms with van der Waals surface area (Å²) < 4.78 is 44.7. The molecule has 0 atom stereocenters. The molecule has 0 saturated heterocycles. The minimum absolute atomic E-state index is 0.0352. The number of methoxy groups -OCH3 is 1. The first-order chi connectivity index (χ1) is 12.5. The standard InChI is InChI=1S/C18H13ClF2O5/c1-23-16-7-10(6-12(19)17(16)26-18(20)21)2-4-13(22)11-3-5-14-15(8-11)25-9-24-14/h2-8,18H,9H2,1H3/b4-2+. The topological polar surface area (TPSA) is 54.0 Å². The second-order valence-electron chi connectivity index (χ2n) is 5.18. The zero-order chi connectivity index (χ0) is 18.7. The molecular formula is C18H13ClF2O5. The second-order valence-corrected chi connectivity index (χ2v) is 5.59. The molecule has 0 aromatic heterocycles. The lowest BCUT2D eigenvalue weighted by molar-refractivity contribution is -0.0511. The third-order valence-electron chi connectivity index (χ3n) is 3.54. The summed E-state index contributed by atoms with van der Waals surface area (Å²) in [5, 5.41) is -0.0557. The summed E-state index contributed by atoms with van der Waals surface area (Å²) in [6, 6.07) is 7.69. The maximum atomic E-state index is 12.4. The van der Waals surface area contributed by atoms with Crippen molar-refractivity contribution in [2.75, 3.05) is 13.9 Å². The van der Waals surface area contributed by atoms with E-state index in [0.717, 1.165) is 0 Å². The monoisotopic (exact) mass is 382 g/mol. The van der Waals surface area contributed by atoms with Crippen molar-refractivity contribution in [1.29, 1.82) is 0 Å². The average molecular weight is 383 g/mol. The molecule has 0 fully saturated rings. The molecule has 8 heteroatoms. The van der Waals surface area contributed by atoms with Crippen LogP contribution in [0.4, 0.5) is 8.78 Å². The maximum absolute atomic E-state index is 12.4. The number of carbonyl (C=O) groups is 1. The van der Waals surface area contributed by atoms with Crippen molar-refractivity contribution in [2.24, 2.45) is 0 Å². The zero-order valence-corrected chi connectivity index (χ0v) is 14.3. The van der Waals surface area contributed by atoms with Crippen LogP contribution in [0, 0.1) is 0 Å². The van der Waals surface area contributed by atoms with Crippen molar-refractivity contribution in [3.05, 3.63) is 52.6 Å². The Kier molecular flexibility index (Phi) is 5.27. The van der Waals surface area contributed by atoms with Crippen LogP contribution in [-0.2, 0) is 0 Å². The summed E-state index contributed by atoms with van der Waals surface area (Å²) in [4.78, 5) is 12.3. The van der Waals surface area contributed by atoms with E-state index in [1.165, 1.54) is 31.4 Å². The summed E-state index contributed by atoms with van der Waals surface area (Å²) in [6.07, 6.45) is 2.82. The third kappa shape index (κ3) is 3.88. The van der Waals surface area contributed by atoms with Gasteiger partial charge in [-0.15, -0.1) is 0 Å². The van der Waals surface area contributed by atoms with Gasteiger partial charge in [-0.3, -0.25) is 4.79 Å². The highest BCUT2D eigenvalue weighted by atomic mass is 35.5. The minimum atomic E-state index is -3.03. The van der Waals surface area contributed by atoms with Gasteiger partial charge in [0, 0.05) is 5.56 Å². The number of allylic oxidation sites excluding steroid dienone is 1. The van der Waals surface area contributed by atoms with E-state index in [1.807, 2.05) is 0 Å². The van der Waals surface area contributed by atoms with E-state index in [2.05, 4.69) is 4.74 Å². The Labute approximate surface area is 152 Å². The molecule has 0 unspecified atom stereocenters. The Balaban J connectivity index is 1.81. The van der Waals surface area contributed by atoms with Crippen LogP contribution in [0.25, 0.3) is 6.08 Å². The van der Waals surface area contributed by atoms with Crippen LogP contribution < -0.4 is 18.9 Å². The first-order valence-corrected chi connectivity index (χ1v) is 7.80. The van der Waals surface area contributed by atoms with Gasteiger partial charge >= 0.3 is 6.61 Å². The van der Waals surface area contributed by atoms with Gasteiger partial charge in [0.05, 0.1) is 12.1 Å². The number of fused-ring (bicyclic) bond motifs is 1. The average Bonchev–Trinajstić information content (AvgIpc) is 3.08. The van der Waals surface area contributed by atoms with E-state index in [-0.39, 0.29) is 29.1 Å². The summed E-state index contributed by atoms with van der Waals surface area (Å²) in [5.74, 6) is 0.585. The molecular weight excluding hydrogens is 370 g/mol. The molecule has 0 bridgehead atoms. The molecule has 1 aliphatic rings. The Morgan fingerprint density at radius 2 is 2.00 bits per heavy atom. The fourth-order valence-corrected chi connectivity index (χ4v) is 2.62. The Bertz CT molecular complexity index is 867. The largest absolute Gasteiger partial charge is 0.493 e. The van der Waals surface area contributed by atoms with E-state index < -0.39 is 6.61 Å². The van der Waals surface area contributed by atoms with E-state index in [9.17, 15) is 13.6 Å². The highest BCUT2D eigenvalue weighted by Gasteiger charge is 2.17. The minimum Gasteiger partial charge on any atom is -0.493 e. The second kappa shape index (κ2) is 7.61. The number of hydrogen-bond acceptors (Lipinski definition) is 5. The van der Waals surface area contributed by atoms with E-state index in [1.54, 1.807) is 18.2 Å². The molecule has 0 saturated carbocycles. The van der Waals surface area contributed by atoms with Crippen LogP contribution in [-0.4, -0.2) is 26.3 Å². The molecule has 3 rings (SSSR count). The lowest BCUT2D eigenvalue weighted by atomic mass is 10.1. The number of ketones is 1. The lowest BCUT2D eigenvalue weighted by Gasteiger charge is -2.12. The summed E-state index contributed by atoms with van der Waals surface area (Å²) >= 11 is 5.97. The number of hydrogen-bond donors (Lipinski definition) is 0. The van der Waals surface area contributed by atoms with Gasteiger partial charge < -0.3 is 18.9 Å². The Morgan fingerprint density at radius 1 is 1.23 bits per heavy atom. The Hall–Kier alpha value is -2.80. The number of ether oxygens (including phenoxy) is 4. The van der Waals surface area contributed by atoms with Crippen LogP contribution in [0.1, 0.15) is 15.9 Å². The molecule has 0 spiro atoms. The van der Waals surface area contributed by atoms with Gasteiger partial charge in [0.2, 0.25) is 6.79 Å². The molecule has 26 heavy (non-hydrogen) atoms. The van der Waals surface area contributed by atoms with Gasteiger partial charge in [-0.25, -0.2) is 0 Å². The molecule has 0 radical (unpaired) electrons. The fourth-order valence-electron chi connectivity index (χ4n) is 2.36. The van der Waals surface area contributed by atoms with Gasteiger partial charge in [-0.1, -0.05) is 17.7 Å². The smallest absolute Gasteiger partial charge is 0.387 e. The molecule has 136 valence electrons. The lowest BCUT2D eigenvalue weighted by Crippen LogP contribution is -2.04. The van der Waals surface area contributed by atoms with Crippen molar-refractivity contribution in [1.82, 2.24) is 0 Å². The van der Waals surface area contributed by atoms with Crippen LogP contribution in [0.15, 0.2) is 36.4 Å². The van der Waals surface area contributed by atoms with Crippen LogP contribution in [0.2, 0.25) is 5.02 Å². The number of carbonyl (C=O) groups excluding carboxylic acids is 1. The molecule has 5 nitrogen and oxygen atoms in total. The number of rotatable bonds is 6. The Morgan fingerprint density at radius 3 is 2.73 bits per heavy atom. The molecule has 0 amide bonds. The number of benzene rings is 2. The summed E-state index contributed by atoms with van der Waals surface area (Å²) in [5.41, 5.74) is 0.906. The van der Waals surface area contributed by atoms with E-state index in [4.69, 9.17) is 25.8 Å². The highest BCUT2D eigenvalue weighted by Crippen LogP contribution is 2.38. The number of alkyl halides is 2. The first-order valence-electron chi connectivity index (χ1n) is 7.42. The van der Waals surface area contributed by atoms with Crippen molar-refractivity contribution < 1.29 is 32.5 Å². The van der Waals surface area contributed by atoms with Crippen molar-refractivity contribution >= 4 is 23.5 Å². The van der Waals surface area contributed by atoms with E-state index >= 15 is 0 Å². The molecule has 1 aliphatic heterocycles. The molecule has 2 aromatic carbocycles. The van der Waals surface area contributed by atoms with Crippen LogP contribution in [0.3, 0.4) is 0 Å². The van der Waals surface area contributed by atoms with Crippen molar-refractivity contribution in [3.8, 4) is 23.0 Å². The van der Waals surface area contributed by atoms with Gasteiger partial charge in [0.1, 0.15) is 0 Å². The van der Waals surface area contributed by atoms with E-state index in [0.29, 0.717) is 22.6 Å². The normalized spacial score (nSPS) is 12.7. The summed E-state index contributed by atoms with van der Waals surface area (Å²) in [6.45, 7) is -2.91. The van der Waals surface area contributed by atoms with Gasteiger partial charge in [0.15, 0.2) is 28.8 Å². The third-order valence-corrected chi connectivity index (χ3v) is 3.82. The maximum Gasteiger partial charge on any atom is 0.387 e. The molecule has 1 heterocycles. The number of halogens is 3. The van der Waals surface area contributed by atoms with Crippen LogP contribution in [0.5, 0.6) is 23.0 Å². The predicted octanol–water partition coefficient (Wildman–Crippen LogP) is 4.57. The summed E-state index contributed by atoms with van der Waals surface area (Å²) in [7, 11) is 1.30. The van der Waals surface area contributed by atoms with Gasteiger partial charge in [-0.05, 0) is 42.0 Å². The molecule has 0 N–H and O–H groups in total. The highest BCUT2D eigenvalue weighted by molar-refractivity contribution is 6.32. The fraction of sp³-hybridized carbons (Fsp3) is 0.167. The van der Waals surface area contributed by atoms with Gasteiger partial charge in [0.25, 0.3) is 0 Å².